The summed E-state index contributed by atoms with van der Waals surface area (Å²) in [5.41, 5.74) is 0.499. The van der Waals surface area contributed by atoms with Crippen molar-refractivity contribution in [3.8, 4) is 11.5 Å². The van der Waals surface area contributed by atoms with Crippen molar-refractivity contribution in [2.24, 2.45) is 0 Å². The van der Waals surface area contributed by atoms with Gasteiger partial charge in [-0.25, -0.2) is 4.79 Å². The van der Waals surface area contributed by atoms with E-state index >= 15 is 0 Å². The molecule has 1 amide bonds. The minimum Gasteiger partial charge on any atom is -0.504 e. The van der Waals surface area contributed by atoms with Crippen LogP contribution in [0.4, 0.5) is 0 Å². The van der Waals surface area contributed by atoms with Crippen LogP contribution in [0.2, 0.25) is 0 Å². The lowest BCUT2D eigenvalue weighted by Crippen LogP contribution is -2.43. The number of hydrogen-bond donors (Lipinski definition) is 3. The number of aliphatic carboxylic acids is 1. The third-order valence-electron chi connectivity index (χ3n) is 3.10. The Bertz CT molecular complexity index is 686. The topological polar surface area (TPSA) is 98.1 Å². The van der Waals surface area contributed by atoms with Gasteiger partial charge < -0.3 is 15.3 Å². The molecule has 1 heterocycles. The quantitative estimate of drug-likeness (QED) is 0.439. The highest BCUT2D eigenvalue weighted by molar-refractivity contribution is 8.26. The number of phenols is 2. The Kier molecular flexibility index (Phi) is 4.72. The van der Waals surface area contributed by atoms with Crippen LogP contribution in [-0.2, 0) is 9.59 Å². The van der Waals surface area contributed by atoms with Crippen LogP contribution < -0.4 is 0 Å². The molecule has 3 N–H and O–H groups in total. The van der Waals surface area contributed by atoms with Crippen LogP contribution in [0.15, 0.2) is 23.1 Å². The summed E-state index contributed by atoms with van der Waals surface area (Å²) in [6.07, 6.45) is 1.74. The van der Waals surface area contributed by atoms with Crippen LogP contribution in [0.1, 0.15) is 18.9 Å². The largest absolute Gasteiger partial charge is 0.504 e. The zero-order valence-electron chi connectivity index (χ0n) is 11.5. The number of carbonyl (C=O) groups excluding carboxylic acids is 1. The average molecular weight is 339 g/mol. The fourth-order valence-corrected chi connectivity index (χ4v) is 3.35. The first-order chi connectivity index (χ1) is 10.3. The molecular weight excluding hydrogens is 326 g/mol. The van der Waals surface area contributed by atoms with Gasteiger partial charge in [0.1, 0.15) is 10.4 Å². The molecule has 0 unspecified atom stereocenters. The summed E-state index contributed by atoms with van der Waals surface area (Å²) < 4.78 is 0.188. The molecule has 1 aromatic carbocycles. The second-order valence-corrected chi connectivity index (χ2v) is 6.24. The zero-order valence-corrected chi connectivity index (χ0v) is 13.1. The summed E-state index contributed by atoms with van der Waals surface area (Å²) in [4.78, 5) is 24.9. The number of phenolic OH excluding ortho intramolecular Hbond substituents is 2. The van der Waals surface area contributed by atoms with Gasteiger partial charge in [0.05, 0.1) is 4.91 Å². The van der Waals surface area contributed by atoms with Gasteiger partial charge in [0.2, 0.25) is 0 Å². The van der Waals surface area contributed by atoms with Crippen LogP contribution in [0.3, 0.4) is 0 Å². The lowest BCUT2D eigenvalue weighted by atomic mass is 10.1. The highest BCUT2D eigenvalue weighted by Gasteiger charge is 2.39. The molecule has 1 aromatic rings. The van der Waals surface area contributed by atoms with Gasteiger partial charge in [-0.05, 0) is 30.2 Å². The molecule has 1 aliphatic heterocycles. The van der Waals surface area contributed by atoms with Gasteiger partial charge >= 0.3 is 5.97 Å². The smallest absolute Gasteiger partial charge is 0.326 e. The monoisotopic (exact) mass is 339 g/mol. The van der Waals surface area contributed by atoms with E-state index in [2.05, 4.69) is 0 Å². The number of carbonyl (C=O) groups is 2. The minimum atomic E-state index is -1.11. The average Bonchev–Trinajstić information content (AvgIpc) is 2.71. The van der Waals surface area contributed by atoms with E-state index in [0.717, 1.165) is 16.7 Å². The van der Waals surface area contributed by atoms with Crippen molar-refractivity contribution in [3.63, 3.8) is 0 Å². The van der Waals surface area contributed by atoms with Gasteiger partial charge in [0.25, 0.3) is 5.91 Å². The fourth-order valence-electron chi connectivity index (χ4n) is 2.00. The van der Waals surface area contributed by atoms with Gasteiger partial charge in [-0.2, -0.15) is 0 Å². The van der Waals surface area contributed by atoms with Crippen molar-refractivity contribution >= 4 is 46.3 Å². The molecule has 0 bridgehead atoms. The Morgan fingerprint density at radius 3 is 2.64 bits per heavy atom. The normalized spacial score (nSPS) is 18.0. The highest BCUT2D eigenvalue weighted by Crippen LogP contribution is 2.35. The molecule has 0 saturated carbocycles. The maximum Gasteiger partial charge on any atom is 0.326 e. The minimum absolute atomic E-state index is 0.188. The number of thioether (sulfide) groups is 1. The van der Waals surface area contributed by atoms with Crippen LogP contribution >= 0.6 is 24.0 Å². The van der Waals surface area contributed by atoms with Crippen molar-refractivity contribution in [1.29, 1.82) is 0 Å². The lowest BCUT2D eigenvalue weighted by molar-refractivity contribution is -0.145. The molecule has 116 valence electrons. The number of benzene rings is 1. The fraction of sp³-hybridized carbons (Fsp3) is 0.214. The SMILES string of the molecule is CC[C@@H](C(=O)O)N1C(=O)/C(=C\c2ccc(O)c(O)c2)SC1=S. The second kappa shape index (κ2) is 6.37. The Hall–Kier alpha value is -2.06. The molecule has 0 spiro atoms. The maximum absolute atomic E-state index is 12.4. The van der Waals surface area contributed by atoms with Gasteiger partial charge in [0, 0.05) is 0 Å². The first kappa shape index (κ1) is 16.3. The van der Waals surface area contributed by atoms with E-state index in [0.29, 0.717) is 5.56 Å². The van der Waals surface area contributed by atoms with E-state index in [1.165, 1.54) is 24.3 Å². The van der Waals surface area contributed by atoms with Crippen molar-refractivity contribution in [2.75, 3.05) is 0 Å². The molecule has 0 radical (unpaired) electrons. The summed E-state index contributed by atoms with van der Waals surface area (Å²) in [5.74, 6) is -2.15. The predicted octanol–water partition coefficient (Wildman–Crippen LogP) is 2.16. The van der Waals surface area contributed by atoms with E-state index in [1.54, 1.807) is 6.92 Å². The predicted molar refractivity (Wildman–Crippen MR) is 86.5 cm³/mol. The van der Waals surface area contributed by atoms with Gasteiger partial charge in [-0.15, -0.1) is 0 Å². The van der Waals surface area contributed by atoms with Crippen molar-refractivity contribution in [1.82, 2.24) is 4.90 Å². The third kappa shape index (κ3) is 3.07. The lowest BCUT2D eigenvalue weighted by Gasteiger charge is -2.21. The number of amides is 1. The number of carboxylic acid groups (broad SMARTS) is 1. The van der Waals surface area contributed by atoms with E-state index in [-0.39, 0.29) is 27.1 Å². The second-order valence-electron chi connectivity index (χ2n) is 4.56. The molecule has 0 aromatic heterocycles. The molecular formula is C14H13NO5S2. The van der Waals surface area contributed by atoms with Gasteiger partial charge in [-0.1, -0.05) is 37.0 Å². The third-order valence-corrected chi connectivity index (χ3v) is 4.43. The van der Waals surface area contributed by atoms with Crippen molar-refractivity contribution in [3.05, 3.63) is 28.7 Å². The summed E-state index contributed by atoms with van der Waals surface area (Å²) in [7, 11) is 0. The molecule has 0 aliphatic carbocycles. The Morgan fingerprint density at radius 2 is 2.09 bits per heavy atom. The zero-order chi connectivity index (χ0) is 16.4. The van der Waals surface area contributed by atoms with Crippen LogP contribution in [0.25, 0.3) is 6.08 Å². The summed E-state index contributed by atoms with van der Waals surface area (Å²) in [6, 6.07) is 3.13. The number of hydrogen-bond acceptors (Lipinski definition) is 6. The molecule has 1 aliphatic rings. The first-order valence-corrected chi connectivity index (χ1v) is 7.59. The number of aromatic hydroxyl groups is 2. The Morgan fingerprint density at radius 1 is 1.41 bits per heavy atom. The van der Waals surface area contributed by atoms with Gasteiger partial charge in [0.15, 0.2) is 11.5 Å². The number of thiocarbonyl (C=S) groups is 1. The van der Waals surface area contributed by atoms with Gasteiger partial charge in [-0.3, -0.25) is 9.69 Å². The molecule has 22 heavy (non-hydrogen) atoms. The number of rotatable bonds is 4. The van der Waals surface area contributed by atoms with E-state index in [1.807, 2.05) is 0 Å². The van der Waals surface area contributed by atoms with Crippen LogP contribution in [0, 0.1) is 0 Å². The molecule has 1 saturated heterocycles. The highest BCUT2D eigenvalue weighted by atomic mass is 32.2. The summed E-state index contributed by atoms with van der Waals surface area (Å²) >= 11 is 6.10. The number of carboxylic acids is 1. The van der Waals surface area contributed by atoms with Crippen LogP contribution in [-0.4, -0.2) is 42.5 Å². The van der Waals surface area contributed by atoms with Crippen LogP contribution in [0.5, 0.6) is 11.5 Å². The molecule has 1 atom stereocenters. The first-order valence-electron chi connectivity index (χ1n) is 6.37. The van der Waals surface area contributed by atoms with E-state index < -0.39 is 17.9 Å². The summed E-state index contributed by atoms with van der Waals surface area (Å²) in [5, 5.41) is 27.9. The maximum atomic E-state index is 12.4. The number of nitrogens with zero attached hydrogens (tertiary/aromatic N) is 1. The van der Waals surface area contributed by atoms with E-state index in [9.17, 15) is 19.8 Å². The van der Waals surface area contributed by atoms with Crippen molar-refractivity contribution in [2.45, 2.75) is 19.4 Å². The molecule has 2 rings (SSSR count). The van der Waals surface area contributed by atoms with Crippen molar-refractivity contribution < 1.29 is 24.9 Å². The summed E-state index contributed by atoms with van der Waals surface area (Å²) in [6.45, 7) is 1.67. The molecule has 8 heteroatoms. The molecule has 1 fully saturated rings. The molecule has 6 nitrogen and oxygen atoms in total. The van der Waals surface area contributed by atoms with E-state index in [4.69, 9.17) is 17.3 Å². The standard InChI is InChI=1S/C14H13NO5S2/c1-2-8(13(19)20)15-12(18)11(22-14(15)21)6-7-3-4-9(16)10(17)5-7/h3-6,8,16-17H,2H2,1H3,(H,19,20)/b11-6+/t8-/m0/s1. The Labute approximate surface area is 136 Å². The Balaban J connectivity index is 2.33.